The molecule has 7 heteroatoms. The molecular formula is C20H18N4O2S. The van der Waals surface area contributed by atoms with E-state index < -0.39 is 0 Å². The Morgan fingerprint density at radius 1 is 1.33 bits per heavy atom. The summed E-state index contributed by atoms with van der Waals surface area (Å²) in [5.74, 6) is -0.111. The summed E-state index contributed by atoms with van der Waals surface area (Å²) in [7, 11) is 0. The number of H-pyrrole nitrogens is 1. The van der Waals surface area contributed by atoms with Gasteiger partial charge in [-0.25, -0.2) is 4.98 Å². The topological polar surface area (TPSA) is 71.4 Å². The summed E-state index contributed by atoms with van der Waals surface area (Å²) in [6, 6.07) is 13.5. The van der Waals surface area contributed by atoms with Gasteiger partial charge in [0.1, 0.15) is 5.65 Å². The molecule has 5 rings (SSSR count). The smallest absolute Gasteiger partial charge is 0.251 e. The van der Waals surface area contributed by atoms with Crippen molar-refractivity contribution in [2.24, 2.45) is 0 Å². The van der Waals surface area contributed by atoms with Crippen molar-refractivity contribution in [1.82, 2.24) is 19.7 Å². The van der Waals surface area contributed by atoms with Crippen molar-refractivity contribution in [2.75, 3.05) is 13.2 Å². The van der Waals surface area contributed by atoms with Crippen molar-refractivity contribution in [3.8, 4) is 0 Å². The van der Waals surface area contributed by atoms with Gasteiger partial charge in [-0.15, -0.1) is 0 Å². The van der Waals surface area contributed by atoms with Gasteiger partial charge in [-0.1, -0.05) is 12.1 Å². The first-order valence-electron chi connectivity index (χ1n) is 9.04. The van der Waals surface area contributed by atoms with Crippen molar-refractivity contribution in [3.05, 3.63) is 52.8 Å². The third-order valence-electron chi connectivity index (χ3n) is 5.04. The lowest BCUT2D eigenvalue weighted by Gasteiger charge is -2.11. The number of amides is 1. The first-order chi connectivity index (χ1) is 13.2. The number of para-hydroxylation sites is 2. The highest BCUT2D eigenvalue weighted by Crippen LogP contribution is 2.24. The number of aromatic amines is 1. The molecule has 0 saturated carbocycles. The van der Waals surface area contributed by atoms with Gasteiger partial charge in [0.25, 0.3) is 5.91 Å². The van der Waals surface area contributed by atoms with Gasteiger partial charge in [-0.05, 0) is 55.4 Å². The summed E-state index contributed by atoms with van der Waals surface area (Å²) in [6.07, 6.45) is 2.18. The van der Waals surface area contributed by atoms with Crippen molar-refractivity contribution in [2.45, 2.75) is 18.9 Å². The zero-order valence-electron chi connectivity index (χ0n) is 14.6. The number of nitrogens with one attached hydrogen (secondary N) is 2. The number of imidazole rings is 1. The number of benzene rings is 2. The fourth-order valence-electron chi connectivity index (χ4n) is 3.68. The lowest BCUT2D eigenvalue weighted by Crippen LogP contribution is -2.31. The minimum atomic E-state index is -0.111. The fraction of sp³-hybridized carbons (Fsp3) is 0.250. The first kappa shape index (κ1) is 16.4. The Balaban J connectivity index is 1.55. The number of carbonyl (C=O) groups is 1. The Bertz CT molecular complexity index is 1240. The van der Waals surface area contributed by atoms with E-state index in [0.29, 0.717) is 16.9 Å². The van der Waals surface area contributed by atoms with Crippen LogP contribution in [0.1, 0.15) is 23.2 Å². The van der Waals surface area contributed by atoms with Crippen molar-refractivity contribution in [1.29, 1.82) is 0 Å². The van der Waals surface area contributed by atoms with E-state index in [4.69, 9.17) is 21.9 Å². The molecule has 0 radical (unpaired) electrons. The highest BCUT2D eigenvalue weighted by molar-refractivity contribution is 7.71. The second-order valence-electron chi connectivity index (χ2n) is 6.80. The van der Waals surface area contributed by atoms with Crippen LogP contribution in [0.15, 0.2) is 42.5 Å². The minimum absolute atomic E-state index is 0.111. The van der Waals surface area contributed by atoms with Crippen LogP contribution >= 0.6 is 12.2 Å². The first-order valence-corrected chi connectivity index (χ1v) is 9.44. The lowest BCUT2D eigenvalue weighted by molar-refractivity contribution is 0.0858. The number of ether oxygens (including phenoxy) is 1. The van der Waals surface area contributed by atoms with E-state index in [2.05, 4.69) is 10.3 Å². The van der Waals surface area contributed by atoms with Crippen LogP contribution in [0.2, 0.25) is 0 Å². The predicted molar refractivity (Wildman–Crippen MR) is 107 cm³/mol. The molecule has 0 bridgehead atoms. The number of fused-ring (bicyclic) bond motifs is 5. The van der Waals surface area contributed by atoms with E-state index >= 15 is 0 Å². The quantitative estimate of drug-likeness (QED) is 0.534. The van der Waals surface area contributed by atoms with Crippen LogP contribution in [-0.4, -0.2) is 39.5 Å². The molecule has 0 aliphatic carbocycles. The molecule has 1 aliphatic rings. The van der Waals surface area contributed by atoms with Crippen molar-refractivity contribution >= 4 is 45.7 Å². The summed E-state index contributed by atoms with van der Waals surface area (Å²) in [5, 5.41) is 3.88. The van der Waals surface area contributed by atoms with Gasteiger partial charge in [0, 0.05) is 24.1 Å². The highest BCUT2D eigenvalue weighted by atomic mass is 32.1. The molecule has 3 heterocycles. The second kappa shape index (κ2) is 6.44. The third kappa shape index (κ3) is 2.79. The van der Waals surface area contributed by atoms with Crippen LogP contribution < -0.4 is 5.32 Å². The molecular weight excluding hydrogens is 360 g/mol. The normalized spacial score (nSPS) is 17.1. The van der Waals surface area contributed by atoms with Crippen molar-refractivity contribution < 1.29 is 9.53 Å². The van der Waals surface area contributed by atoms with Crippen LogP contribution in [0.3, 0.4) is 0 Å². The fourth-order valence-corrected chi connectivity index (χ4v) is 3.98. The molecule has 2 aromatic carbocycles. The van der Waals surface area contributed by atoms with E-state index in [1.807, 2.05) is 46.9 Å². The van der Waals surface area contributed by atoms with E-state index in [0.717, 1.165) is 47.0 Å². The molecule has 2 N–H and O–H groups in total. The number of rotatable bonds is 3. The standard InChI is InChI=1S/C20H18N4O2S/c25-19(21-11-13-4-3-9-26-13)12-7-8-14-16(10-12)23-20(27)24-17-6-2-1-5-15(17)22-18(14)24/h1-2,5-8,10,13H,3-4,9,11H2,(H,21,25)(H,23,27)/t13-/m0/s1. The molecule has 27 heavy (non-hydrogen) atoms. The Hall–Kier alpha value is -2.77. The molecule has 1 saturated heterocycles. The largest absolute Gasteiger partial charge is 0.376 e. The van der Waals surface area contributed by atoms with E-state index in [-0.39, 0.29) is 12.0 Å². The molecule has 0 spiro atoms. The molecule has 2 aromatic heterocycles. The van der Waals surface area contributed by atoms with Crippen LogP contribution in [0.5, 0.6) is 0 Å². The van der Waals surface area contributed by atoms with Gasteiger partial charge < -0.3 is 15.0 Å². The maximum absolute atomic E-state index is 12.5. The minimum Gasteiger partial charge on any atom is -0.376 e. The van der Waals surface area contributed by atoms with E-state index in [9.17, 15) is 4.79 Å². The van der Waals surface area contributed by atoms with Crippen LogP contribution in [-0.2, 0) is 4.74 Å². The molecule has 1 aliphatic heterocycles. The average molecular weight is 378 g/mol. The number of hydrogen-bond donors (Lipinski definition) is 2. The van der Waals surface area contributed by atoms with Gasteiger partial charge in [0.2, 0.25) is 0 Å². The van der Waals surface area contributed by atoms with Crippen LogP contribution in [0.4, 0.5) is 0 Å². The monoisotopic (exact) mass is 378 g/mol. The Kier molecular flexibility index (Phi) is 3.91. The number of aromatic nitrogens is 3. The number of nitrogens with zero attached hydrogens (tertiary/aromatic N) is 2. The third-order valence-corrected chi connectivity index (χ3v) is 5.33. The maximum atomic E-state index is 12.5. The van der Waals surface area contributed by atoms with Crippen molar-refractivity contribution in [3.63, 3.8) is 0 Å². The number of hydrogen-bond acceptors (Lipinski definition) is 4. The average Bonchev–Trinajstić information content (AvgIpc) is 3.33. The van der Waals surface area contributed by atoms with Gasteiger partial charge >= 0.3 is 0 Å². The summed E-state index contributed by atoms with van der Waals surface area (Å²) in [5.41, 5.74) is 4.04. The number of carbonyl (C=O) groups excluding carboxylic acids is 1. The molecule has 0 unspecified atom stereocenters. The van der Waals surface area contributed by atoms with Gasteiger partial charge in [0.15, 0.2) is 4.77 Å². The van der Waals surface area contributed by atoms with Gasteiger partial charge in [0.05, 0.1) is 22.7 Å². The molecule has 4 aromatic rings. The summed E-state index contributed by atoms with van der Waals surface area (Å²) < 4.78 is 8.05. The second-order valence-corrected chi connectivity index (χ2v) is 7.18. The Morgan fingerprint density at radius 2 is 2.22 bits per heavy atom. The Labute approximate surface area is 160 Å². The van der Waals surface area contributed by atoms with E-state index in [1.54, 1.807) is 0 Å². The van der Waals surface area contributed by atoms with Gasteiger partial charge in [-0.3, -0.25) is 9.20 Å². The SMILES string of the molecule is O=C(NC[C@@H]1CCCO1)c1ccc2c(c1)[nH]c(=S)n1c3ccccc3nc21. The van der Waals surface area contributed by atoms with Crippen LogP contribution in [0, 0.1) is 4.77 Å². The molecule has 6 nitrogen and oxygen atoms in total. The molecule has 136 valence electrons. The molecule has 1 amide bonds. The molecule has 1 fully saturated rings. The van der Waals surface area contributed by atoms with Gasteiger partial charge in [-0.2, -0.15) is 0 Å². The molecule has 1 atom stereocenters. The summed E-state index contributed by atoms with van der Waals surface area (Å²) in [4.78, 5) is 20.5. The van der Waals surface area contributed by atoms with E-state index in [1.165, 1.54) is 0 Å². The maximum Gasteiger partial charge on any atom is 0.251 e. The van der Waals surface area contributed by atoms with Crippen LogP contribution in [0.25, 0.3) is 27.6 Å². The predicted octanol–water partition coefficient (Wildman–Crippen LogP) is 3.61. The zero-order chi connectivity index (χ0) is 18.4. The Morgan fingerprint density at radius 3 is 3.07 bits per heavy atom. The highest BCUT2D eigenvalue weighted by Gasteiger charge is 2.17. The zero-order valence-corrected chi connectivity index (χ0v) is 15.4. The summed E-state index contributed by atoms with van der Waals surface area (Å²) >= 11 is 5.55. The summed E-state index contributed by atoms with van der Waals surface area (Å²) in [6.45, 7) is 1.32. The lowest BCUT2D eigenvalue weighted by atomic mass is 10.1.